The maximum atomic E-state index is 5.41. The predicted octanol–water partition coefficient (Wildman–Crippen LogP) is 5.47. The molecule has 130 valence electrons. The van der Waals surface area contributed by atoms with Gasteiger partial charge in [0.25, 0.3) is 0 Å². The van der Waals surface area contributed by atoms with Crippen molar-refractivity contribution in [2.45, 2.75) is 19.5 Å². The third kappa shape index (κ3) is 3.80. The van der Waals surface area contributed by atoms with E-state index in [1.54, 1.807) is 14.2 Å². The first-order valence-corrected chi connectivity index (χ1v) is 9.04. The van der Waals surface area contributed by atoms with E-state index in [0.717, 1.165) is 28.1 Å². The lowest BCUT2D eigenvalue weighted by atomic mass is 9.99. The van der Waals surface area contributed by atoms with Crippen molar-refractivity contribution in [2.75, 3.05) is 14.2 Å². The summed E-state index contributed by atoms with van der Waals surface area (Å²) in [5.74, 6) is 1.46. The minimum Gasteiger partial charge on any atom is -0.493 e. The van der Waals surface area contributed by atoms with Crippen LogP contribution in [0.5, 0.6) is 11.5 Å². The van der Waals surface area contributed by atoms with Crippen LogP contribution in [0.2, 0.25) is 0 Å². The fourth-order valence-corrected chi connectivity index (χ4v) is 3.50. The summed E-state index contributed by atoms with van der Waals surface area (Å²) < 4.78 is 11.7. The van der Waals surface area contributed by atoms with Crippen LogP contribution in [0.25, 0.3) is 10.8 Å². The summed E-state index contributed by atoms with van der Waals surface area (Å²) in [5.41, 5.74) is 2.43. The molecule has 0 saturated carbocycles. The van der Waals surface area contributed by atoms with E-state index in [1.165, 1.54) is 16.3 Å². The van der Waals surface area contributed by atoms with E-state index in [2.05, 4.69) is 70.6 Å². The number of ether oxygens (including phenoxy) is 2. The summed E-state index contributed by atoms with van der Waals surface area (Å²) in [4.78, 5) is 0. The van der Waals surface area contributed by atoms with Crippen LogP contribution in [0.4, 0.5) is 0 Å². The van der Waals surface area contributed by atoms with Gasteiger partial charge in [0.2, 0.25) is 0 Å². The Labute approximate surface area is 157 Å². The molecular weight excluding hydrogens is 378 g/mol. The van der Waals surface area contributed by atoms with Crippen molar-refractivity contribution in [3.8, 4) is 11.5 Å². The van der Waals surface area contributed by atoms with Gasteiger partial charge >= 0.3 is 0 Å². The first-order valence-electron chi connectivity index (χ1n) is 8.25. The molecule has 1 atom stereocenters. The minimum absolute atomic E-state index is 0.228. The van der Waals surface area contributed by atoms with Crippen molar-refractivity contribution in [1.82, 2.24) is 5.32 Å². The largest absolute Gasteiger partial charge is 0.493 e. The quantitative estimate of drug-likeness (QED) is 0.595. The van der Waals surface area contributed by atoms with Gasteiger partial charge in [-0.3, -0.25) is 0 Å². The molecule has 0 radical (unpaired) electrons. The van der Waals surface area contributed by atoms with Gasteiger partial charge < -0.3 is 14.8 Å². The number of rotatable bonds is 6. The van der Waals surface area contributed by atoms with Crippen molar-refractivity contribution in [3.63, 3.8) is 0 Å². The van der Waals surface area contributed by atoms with E-state index in [9.17, 15) is 0 Å². The molecule has 0 saturated heterocycles. The highest BCUT2D eigenvalue weighted by Gasteiger charge is 2.12. The van der Waals surface area contributed by atoms with E-state index in [1.807, 2.05) is 12.1 Å². The average molecular weight is 400 g/mol. The molecule has 0 aliphatic carbocycles. The molecule has 0 aromatic heterocycles. The van der Waals surface area contributed by atoms with Gasteiger partial charge in [0.1, 0.15) is 0 Å². The molecule has 3 rings (SSSR count). The Morgan fingerprint density at radius 3 is 2.40 bits per heavy atom. The summed E-state index contributed by atoms with van der Waals surface area (Å²) in [6.07, 6.45) is 0. The number of hydrogen-bond acceptors (Lipinski definition) is 3. The Balaban J connectivity index is 1.81. The first kappa shape index (κ1) is 17.8. The molecule has 25 heavy (non-hydrogen) atoms. The lowest BCUT2D eigenvalue weighted by molar-refractivity contribution is 0.354. The standard InChI is InChI=1S/C21H22BrNO2/c1-14(17-10-6-8-15-7-4-5-9-18(15)17)23-13-16-11-20(24-2)21(25-3)12-19(16)22/h4-12,14,23H,13H2,1-3H3/t14-/m1/s1. The Morgan fingerprint density at radius 1 is 0.960 bits per heavy atom. The maximum absolute atomic E-state index is 5.41. The van der Waals surface area contributed by atoms with Gasteiger partial charge in [-0.25, -0.2) is 0 Å². The number of benzene rings is 3. The second kappa shape index (κ2) is 7.89. The lowest BCUT2D eigenvalue weighted by Crippen LogP contribution is -2.18. The molecule has 0 heterocycles. The van der Waals surface area contributed by atoms with E-state index >= 15 is 0 Å². The van der Waals surface area contributed by atoms with Crippen LogP contribution in [-0.2, 0) is 6.54 Å². The second-order valence-electron chi connectivity index (χ2n) is 5.97. The molecular formula is C21H22BrNO2. The zero-order valence-corrected chi connectivity index (χ0v) is 16.3. The highest BCUT2D eigenvalue weighted by Crippen LogP contribution is 2.33. The fourth-order valence-electron chi connectivity index (χ4n) is 3.03. The lowest BCUT2D eigenvalue weighted by Gasteiger charge is -2.18. The Morgan fingerprint density at radius 2 is 1.64 bits per heavy atom. The molecule has 3 nitrogen and oxygen atoms in total. The van der Waals surface area contributed by atoms with Crippen molar-refractivity contribution in [1.29, 1.82) is 0 Å². The van der Waals surface area contributed by atoms with Gasteiger partial charge in [0.15, 0.2) is 11.5 Å². The first-order chi connectivity index (χ1) is 12.1. The summed E-state index contributed by atoms with van der Waals surface area (Å²) >= 11 is 3.62. The third-order valence-electron chi connectivity index (χ3n) is 4.44. The monoisotopic (exact) mass is 399 g/mol. The summed E-state index contributed by atoms with van der Waals surface area (Å²) in [6.45, 7) is 2.92. The molecule has 0 fully saturated rings. The molecule has 0 spiro atoms. The SMILES string of the molecule is COc1cc(Br)c(CN[C@H](C)c2cccc3ccccc23)cc1OC. The van der Waals surface area contributed by atoms with Crippen LogP contribution in [0, 0.1) is 0 Å². The van der Waals surface area contributed by atoms with E-state index in [0.29, 0.717) is 0 Å². The van der Waals surface area contributed by atoms with Crippen LogP contribution in [0.15, 0.2) is 59.1 Å². The molecule has 0 aliphatic rings. The van der Waals surface area contributed by atoms with Crippen LogP contribution in [-0.4, -0.2) is 14.2 Å². The predicted molar refractivity (Wildman–Crippen MR) is 106 cm³/mol. The highest BCUT2D eigenvalue weighted by molar-refractivity contribution is 9.10. The normalized spacial score (nSPS) is 12.2. The minimum atomic E-state index is 0.228. The molecule has 1 N–H and O–H groups in total. The van der Waals surface area contributed by atoms with Crippen molar-refractivity contribution in [3.05, 3.63) is 70.2 Å². The van der Waals surface area contributed by atoms with Gasteiger partial charge in [0.05, 0.1) is 14.2 Å². The van der Waals surface area contributed by atoms with Gasteiger partial charge in [-0.05, 0) is 41.0 Å². The Kier molecular flexibility index (Phi) is 5.61. The van der Waals surface area contributed by atoms with Gasteiger partial charge in [-0.15, -0.1) is 0 Å². The number of fused-ring (bicyclic) bond motifs is 1. The average Bonchev–Trinajstić information content (AvgIpc) is 2.66. The molecule has 0 unspecified atom stereocenters. The van der Waals surface area contributed by atoms with Crippen LogP contribution >= 0.6 is 15.9 Å². The second-order valence-corrected chi connectivity index (χ2v) is 6.82. The molecule has 4 heteroatoms. The molecule has 0 aliphatic heterocycles. The van der Waals surface area contributed by atoms with Gasteiger partial charge in [-0.1, -0.05) is 58.4 Å². The smallest absolute Gasteiger partial charge is 0.161 e. The van der Waals surface area contributed by atoms with Gasteiger partial charge in [0, 0.05) is 17.1 Å². The number of halogens is 1. The molecule has 0 bridgehead atoms. The Bertz CT molecular complexity index is 874. The van der Waals surface area contributed by atoms with Crippen LogP contribution in [0.1, 0.15) is 24.1 Å². The maximum Gasteiger partial charge on any atom is 0.161 e. The number of methoxy groups -OCH3 is 2. The third-order valence-corrected chi connectivity index (χ3v) is 5.18. The topological polar surface area (TPSA) is 30.5 Å². The number of hydrogen-bond donors (Lipinski definition) is 1. The van der Waals surface area contributed by atoms with Crippen molar-refractivity contribution >= 4 is 26.7 Å². The summed E-state index contributed by atoms with van der Waals surface area (Å²) in [5, 5.41) is 6.16. The summed E-state index contributed by atoms with van der Waals surface area (Å²) in [6, 6.07) is 19.1. The highest BCUT2D eigenvalue weighted by atomic mass is 79.9. The Hall–Kier alpha value is -2.04. The van der Waals surface area contributed by atoms with E-state index < -0.39 is 0 Å². The van der Waals surface area contributed by atoms with Crippen molar-refractivity contribution in [2.24, 2.45) is 0 Å². The molecule has 3 aromatic rings. The van der Waals surface area contributed by atoms with Crippen LogP contribution < -0.4 is 14.8 Å². The van der Waals surface area contributed by atoms with E-state index in [-0.39, 0.29) is 6.04 Å². The van der Waals surface area contributed by atoms with Gasteiger partial charge in [-0.2, -0.15) is 0 Å². The zero-order chi connectivity index (χ0) is 17.8. The van der Waals surface area contributed by atoms with E-state index in [4.69, 9.17) is 9.47 Å². The molecule has 0 amide bonds. The fraction of sp³-hybridized carbons (Fsp3) is 0.238. The van der Waals surface area contributed by atoms with Crippen LogP contribution in [0.3, 0.4) is 0 Å². The number of nitrogens with one attached hydrogen (secondary N) is 1. The van der Waals surface area contributed by atoms with Crippen molar-refractivity contribution < 1.29 is 9.47 Å². The zero-order valence-electron chi connectivity index (χ0n) is 14.7. The summed E-state index contributed by atoms with van der Waals surface area (Å²) in [7, 11) is 3.30. The molecule has 3 aromatic carbocycles.